The number of fused-ring (bicyclic) bond motifs is 3. The Morgan fingerprint density at radius 3 is 2.72 bits per heavy atom. The summed E-state index contributed by atoms with van der Waals surface area (Å²) in [6.45, 7) is 7.96. The van der Waals surface area contributed by atoms with Crippen molar-refractivity contribution in [1.82, 2.24) is 14.5 Å². The van der Waals surface area contributed by atoms with Crippen LogP contribution in [0.4, 0.5) is 10.2 Å². The number of aryl methyl sites for hydroxylation is 1. The molecule has 4 atom stereocenters. The first-order chi connectivity index (χ1) is 15.4. The van der Waals surface area contributed by atoms with E-state index in [9.17, 15) is 4.39 Å². The molecule has 2 aromatic heterocycles. The summed E-state index contributed by atoms with van der Waals surface area (Å²) in [5, 5.41) is 0. The lowest BCUT2D eigenvalue weighted by Crippen LogP contribution is -2.60. The summed E-state index contributed by atoms with van der Waals surface area (Å²) >= 11 is 0. The molecule has 3 aromatic rings. The summed E-state index contributed by atoms with van der Waals surface area (Å²) < 4.78 is 17.1. The Balaban J connectivity index is 1.38. The first kappa shape index (κ1) is 21.4. The number of anilines is 1. The molecular formula is C26H34FN5. The van der Waals surface area contributed by atoms with Gasteiger partial charge in [0.05, 0.1) is 17.1 Å². The maximum absolute atomic E-state index is 14.7. The molecule has 0 bridgehead atoms. The highest BCUT2D eigenvalue weighted by Gasteiger charge is 2.43. The van der Waals surface area contributed by atoms with E-state index < -0.39 is 11.7 Å². The number of aromatic nitrogens is 3. The Kier molecular flexibility index (Phi) is 5.44. The van der Waals surface area contributed by atoms with Gasteiger partial charge >= 0.3 is 0 Å². The Bertz CT molecular complexity index is 1090. The second-order valence-electron chi connectivity index (χ2n) is 9.92. The molecule has 170 valence electrons. The molecule has 32 heavy (non-hydrogen) atoms. The quantitative estimate of drug-likeness (QED) is 0.592. The number of nitrogens with two attached hydrogens (primary N) is 1. The molecule has 1 fully saturated rings. The number of pyridine rings is 1. The minimum atomic E-state index is -1.34. The van der Waals surface area contributed by atoms with Crippen LogP contribution in [0.15, 0.2) is 36.5 Å². The molecule has 5 nitrogen and oxygen atoms in total. The van der Waals surface area contributed by atoms with Crippen LogP contribution in [-0.2, 0) is 6.54 Å². The van der Waals surface area contributed by atoms with E-state index in [-0.39, 0.29) is 5.92 Å². The van der Waals surface area contributed by atoms with Gasteiger partial charge < -0.3 is 15.2 Å². The fourth-order valence-corrected chi connectivity index (χ4v) is 5.30. The van der Waals surface area contributed by atoms with Gasteiger partial charge in [0.1, 0.15) is 17.3 Å². The van der Waals surface area contributed by atoms with Gasteiger partial charge in [0.15, 0.2) is 0 Å². The zero-order valence-corrected chi connectivity index (χ0v) is 19.4. The van der Waals surface area contributed by atoms with Crippen LogP contribution in [0, 0.1) is 5.92 Å². The van der Waals surface area contributed by atoms with Crippen molar-refractivity contribution in [2.75, 3.05) is 18.0 Å². The maximum atomic E-state index is 14.7. The molecule has 6 heteroatoms. The molecule has 2 aliphatic heterocycles. The fourth-order valence-electron chi connectivity index (χ4n) is 5.30. The van der Waals surface area contributed by atoms with Crippen molar-refractivity contribution in [2.45, 2.75) is 70.6 Å². The van der Waals surface area contributed by atoms with Crippen molar-refractivity contribution in [3.63, 3.8) is 0 Å². The molecule has 1 saturated heterocycles. The molecule has 0 saturated carbocycles. The van der Waals surface area contributed by atoms with Crippen molar-refractivity contribution < 1.29 is 4.39 Å². The molecule has 0 radical (unpaired) electrons. The number of piperidine rings is 1. The normalized spacial score (nSPS) is 27.8. The first-order valence-corrected chi connectivity index (χ1v) is 12.0. The number of halogens is 1. The number of hydrogen-bond donors (Lipinski definition) is 1. The number of nitrogens with zero attached hydrogens (tertiary/aromatic N) is 4. The van der Waals surface area contributed by atoms with Gasteiger partial charge in [-0.15, -0.1) is 0 Å². The van der Waals surface area contributed by atoms with Crippen LogP contribution in [0.5, 0.6) is 0 Å². The van der Waals surface area contributed by atoms with Crippen molar-refractivity contribution in [3.05, 3.63) is 42.4 Å². The molecule has 2 aliphatic rings. The molecule has 5 rings (SSSR count). The van der Waals surface area contributed by atoms with Gasteiger partial charge in [0.25, 0.3) is 0 Å². The largest absolute Gasteiger partial charge is 0.355 e. The highest BCUT2D eigenvalue weighted by atomic mass is 19.1. The SMILES string of the molecule is CCCC[C@@H]1CCn2c1nc1ccc(-c3ccc(N4CC(C)C(C)(F)C(N)C4)nc3)cc12. The van der Waals surface area contributed by atoms with Crippen LogP contribution >= 0.6 is 0 Å². The third-order valence-corrected chi connectivity index (χ3v) is 7.76. The summed E-state index contributed by atoms with van der Waals surface area (Å²) in [6, 6.07) is 10.1. The van der Waals surface area contributed by atoms with E-state index >= 15 is 0 Å². The summed E-state index contributed by atoms with van der Waals surface area (Å²) in [4.78, 5) is 11.8. The summed E-state index contributed by atoms with van der Waals surface area (Å²) in [5.74, 6) is 2.57. The minimum absolute atomic E-state index is 0.139. The molecule has 0 amide bonds. The summed E-state index contributed by atoms with van der Waals surface area (Å²) in [5.41, 5.74) is 9.32. The Hall–Kier alpha value is -2.47. The van der Waals surface area contributed by atoms with E-state index in [1.807, 2.05) is 19.2 Å². The van der Waals surface area contributed by atoms with Crippen LogP contribution in [0.1, 0.15) is 58.2 Å². The molecule has 1 aromatic carbocycles. The maximum Gasteiger partial charge on any atom is 0.129 e. The average Bonchev–Trinajstić information content (AvgIpc) is 3.35. The third-order valence-electron chi connectivity index (χ3n) is 7.76. The number of imidazole rings is 1. The van der Waals surface area contributed by atoms with Gasteiger partial charge in [-0.25, -0.2) is 14.4 Å². The summed E-state index contributed by atoms with van der Waals surface area (Å²) in [7, 11) is 0. The highest BCUT2D eigenvalue weighted by Crippen LogP contribution is 2.37. The zero-order chi connectivity index (χ0) is 22.5. The lowest BCUT2D eigenvalue weighted by Gasteiger charge is -2.44. The lowest BCUT2D eigenvalue weighted by atomic mass is 9.82. The molecule has 4 heterocycles. The van der Waals surface area contributed by atoms with Crippen molar-refractivity contribution in [1.29, 1.82) is 0 Å². The van der Waals surface area contributed by atoms with E-state index in [1.54, 1.807) is 6.92 Å². The smallest absolute Gasteiger partial charge is 0.129 e. The fraction of sp³-hybridized carbons (Fsp3) is 0.538. The zero-order valence-electron chi connectivity index (χ0n) is 19.4. The first-order valence-electron chi connectivity index (χ1n) is 12.0. The van der Waals surface area contributed by atoms with Crippen LogP contribution in [0.3, 0.4) is 0 Å². The molecule has 3 unspecified atom stereocenters. The predicted octanol–water partition coefficient (Wildman–Crippen LogP) is 5.29. The van der Waals surface area contributed by atoms with Gasteiger partial charge in [-0.05, 0) is 49.6 Å². The van der Waals surface area contributed by atoms with Crippen LogP contribution < -0.4 is 10.6 Å². The van der Waals surface area contributed by atoms with Gasteiger partial charge in [-0.1, -0.05) is 32.8 Å². The standard InChI is InChI=1S/C26H34FN5/c1-4-5-6-18-11-12-32-22-13-19(7-9-21(22)30-25(18)32)20-8-10-24(29-14-20)31-15-17(2)26(3,27)23(28)16-31/h7-10,13-14,17-18,23H,4-6,11-12,15-16,28H2,1-3H3/t17?,18-,23?,26?/m1/s1. The third kappa shape index (κ3) is 3.58. The molecular weight excluding hydrogens is 401 g/mol. The van der Waals surface area contributed by atoms with E-state index in [0.717, 1.165) is 29.0 Å². The summed E-state index contributed by atoms with van der Waals surface area (Å²) in [6.07, 6.45) is 6.86. The van der Waals surface area contributed by atoms with Gasteiger partial charge in [0, 0.05) is 43.2 Å². The number of hydrogen-bond acceptors (Lipinski definition) is 4. The number of benzene rings is 1. The van der Waals surface area contributed by atoms with E-state index in [1.165, 1.54) is 37.0 Å². The lowest BCUT2D eigenvalue weighted by molar-refractivity contribution is 0.0663. The monoisotopic (exact) mass is 435 g/mol. The number of alkyl halides is 1. The highest BCUT2D eigenvalue weighted by molar-refractivity contribution is 5.83. The molecule has 0 aliphatic carbocycles. The van der Waals surface area contributed by atoms with Crippen molar-refractivity contribution >= 4 is 16.9 Å². The van der Waals surface area contributed by atoms with Crippen LogP contribution in [0.2, 0.25) is 0 Å². The van der Waals surface area contributed by atoms with Gasteiger partial charge in [-0.2, -0.15) is 0 Å². The van der Waals surface area contributed by atoms with Crippen LogP contribution in [0.25, 0.3) is 22.2 Å². The van der Waals surface area contributed by atoms with E-state index in [2.05, 4.69) is 40.7 Å². The number of unbranched alkanes of at least 4 members (excludes halogenated alkanes) is 1. The Morgan fingerprint density at radius 2 is 2.00 bits per heavy atom. The van der Waals surface area contributed by atoms with Gasteiger partial charge in [-0.3, -0.25) is 0 Å². The topological polar surface area (TPSA) is 60.0 Å². The second-order valence-corrected chi connectivity index (χ2v) is 9.92. The van der Waals surface area contributed by atoms with Gasteiger partial charge in [0.2, 0.25) is 0 Å². The van der Waals surface area contributed by atoms with Crippen molar-refractivity contribution in [2.24, 2.45) is 11.7 Å². The molecule has 2 N–H and O–H groups in total. The second kappa shape index (κ2) is 8.14. The Morgan fingerprint density at radius 1 is 1.19 bits per heavy atom. The Labute approximate surface area is 189 Å². The minimum Gasteiger partial charge on any atom is -0.355 e. The molecule has 0 spiro atoms. The number of rotatable bonds is 5. The van der Waals surface area contributed by atoms with E-state index in [0.29, 0.717) is 19.0 Å². The predicted molar refractivity (Wildman–Crippen MR) is 129 cm³/mol. The van der Waals surface area contributed by atoms with Crippen LogP contribution in [-0.4, -0.2) is 39.3 Å². The van der Waals surface area contributed by atoms with E-state index in [4.69, 9.17) is 15.7 Å². The van der Waals surface area contributed by atoms with Crippen molar-refractivity contribution in [3.8, 4) is 11.1 Å². The average molecular weight is 436 g/mol.